The molecule has 0 saturated heterocycles. The molecule has 0 spiro atoms. The predicted octanol–water partition coefficient (Wildman–Crippen LogP) is 4.75. The average Bonchev–Trinajstić information content (AvgIpc) is 2.86. The number of nitrogens with zero attached hydrogens (tertiary/aromatic N) is 2. The maximum atomic E-state index is 5.64. The summed E-state index contributed by atoms with van der Waals surface area (Å²) in [6, 6.07) is 10.3. The second kappa shape index (κ2) is 8.52. The number of benzene rings is 1. The summed E-state index contributed by atoms with van der Waals surface area (Å²) in [6.45, 7) is 2.60. The molecule has 0 atom stereocenters. The Morgan fingerprint density at radius 3 is 2.67 bits per heavy atom. The number of ether oxygens (including phenoxy) is 1. The monoisotopic (exact) mass is 326 g/mol. The normalized spacial score (nSPS) is 15.5. The molecule has 5 heteroatoms. The molecule has 1 fully saturated rings. The summed E-state index contributed by atoms with van der Waals surface area (Å²) in [7, 11) is 0. The minimum atomic E-state index is 0.519. The number of hydrogen-bond acceptors (Lipinski definition) is 5. The average molecular weight is 326 g/mol. The highest BCUT2D eigenvalue weighted by molar-refractivity contribution is 5.62. The number of anilines is 3. The molecule has 1 aliphatic carbocycles. The topological polar surface area (TPSA) is 59.1 Å². The fraction of sp³-hybridized carbons (Fsp3) is 0.474. The van der Waals surface area contributed by atoms with Crippen molar-refractivity contribution >= 4 is 17.5 Å². The molecule has 3 rings (SSSR count). The highest BCUT2D eigenvalue weighted by Crippen LogP contribution is 2.26. The lowest BCUT2D eigenvalue weighted by atomic mass is 10.1. The zero-order chi connectivity index (χ0) is 16.6. The fourth-order valence-corrected chi connectivity index (χ4v) is 3.10. The molecule has 0 radical (unpaired) electrons. The number of aromatic nitrogens is 2. The van der Waals surface area contributed by atoms with Crippen LogP contribution in [0.5, 0.6) is 5.75 Å². The molecule has 0 bridgehead atoms. The van der Waals surface area contributed by atoms with Gasteiger partial charge in [-0.25, -0.2) is 4.98 Å². The van der Waals surface area contributed by atoms with E-state index >= 15 is 0 Å². The van der Waals surface area contributed by atoms with Crippen molar-refractivity contribution < 1.29 is 4.74 Å². The van der Waals surface area contributed by atoms with Crippen LogP contribution >= 0.6 is 0 Å². The number of para-hydroxylation sites is 2. The van der Waals surface area contributed by atoms with Gasteiger partial charge in [0.25, 0.3) is 0 Å². The standard InChI is InChI=1S/C19H26N4O/c1-2-24-17-12-8-7-11-16(17)22-19-20-14-13-18(23-19)21-15-9-5-3-4-6-10-15/h7-8,11-15H,2-6,9-10H2,1H3,(H2,20,21,22,23). The van der Waals surface area contributed by atoms with E-state index < -0.39 is 0 Å². The third-order valence-corrected chi connectivity index (χ3v) is 4.30. The first kappa shape index (κ1) is 16.6. The number of hydrogen-bond donors (Lipinski definition) is 2. The largest absolute Gasteiger partial charge is 0.492 e. The van der Waals surface area contributed by atoms with Crippen molar-refractivity contribution in [1.82, 2.24) is 9.97 Å². The van der Waals surface area contributed by atoms with Gasteiger partial charge in [0.2, 0.25) is 5.95 Å². The van der Waals surface area contributed by atoms with Gasteiger partial charge in [-0.2, -0.15) is 4.98 Å². The molecule has 1 aromatic heterocycles. The van der Waals surface area contributed by atoms with Crippen LogP contribution in [0.4, 0.5) is 17.5 Å². The van der Waals surface area contributed by atoms with E-state index in [9.17, 15) is 0 Å². The van der Waals surface area contributed by atoms with Crippen LogP contribution in [0.3, 0.4) is 0 Å². The quantitative estimate of drug-likeness (QED) is 0.750. The second-order valence-electron chi connectivity index (χ2n) is 6.15. The van der Waals surface area contributed by atoms with Crippen molar-refractivity contribution in [2.75, 3.05) is 17.2 Å². The lowest BCUT2D eigenvalue weighted by Gasteiger charge is -2.17. The SMILES string of the molecule is CCOc1ccccc1Nc1nccc(NC2CCCCCC2)n1. The summed E-state index contributed by atoms with van der Waals surface area (Å²) in [5, 5.41) is 6.82. The Balaban J connectivity index is 1.69. The van der Waals surface area contributed by atoms with Crippen LogP contribution in [0.1, 0.15) is 45.4 Å². The molecule has 0 amide bonds. The van der Waals surface area contributed by atoms with Crippen LogP contribution in [0.25, 0.3) is 0 Å². The van der Waals surface area contributed by atoms with Gasteiger partial charge in [0.1, 0.15) is 11.6 Å². The van der Waals surface area contributed by atoms with E-state index in [0.29, 0.717) is 18.6 Å². The molecule has 1 heterocycles. The summed E-state index contributed by atoms with van der Waals surface area (Å²) in [6.07, 6.45) is 9.54. The zero-order valence-corrected chi connectivity index (χ0v) is 14.3. The summed E-state index contributed by atoms with van der Waals surface area (Å²) < 4.78 is 5.64. The van der Waals surface area contributed by atoms with E-state index in [-0.39, 0.29) is 0 Å². The van der Waals surface area contributed by atoms with Crippen LogP contribution in [0.2, 0.25) is 0 Å². The number of rotatable bonds is 6. The Morgan fingerprint density at radius 2 is 1.88 bits per heavy atom. The molecule has 2 aromatic rings. The van der Waals surface area contributed by atoms with E-state index in [4.69, 9.17) is 4.74 Å². The Kier molecular flexibility index (Phi) is 5.88. The second-order valence-corrected chi connectivity index (χ2v) is 6.15. The first-order chi connectivity index (χ1) is 11.8. The Bertz CT molecular complexity index is 639. The van der Waals surface area contributed by atoms with Crippen LogP contribution in [0, 0.1) is 0 Å². The summed E-state index contributed by atoms with van der Waals surface area (Å²) in [5.41, 5.74) is 0.881. The van der Waals surface area contributed by atoms with Crippen LogP contribution in [-0.4, -0.2) is 22.6 Å². The Labute approximate surface area is 143 Å². The van der Waals surface area contributed by atoms with Crippen LogP contribution in [0.15, 0.2) is 36.5 Å². The minimum absolute atomic E-state index is 0.519. The number of nitrogens with one attached hydrogen (secondary N) is 2. The van der Waals surface area contributed by atoms with Crippen LogP contribution < -0.4 is 15.4 Å². The van der Waals surface area contributed by atoms with E-state index in [0.717, 1.165) is 17.3 Å². The van der Waals surface area contributed by atoms with E-state index in [2.05, 4.69) is 20.6 Å². The smallest absolute Gasteiger partial charge is 0.229 e. The van der Waals surface area contributed by atoms with E-state index in [1.807, 2.05) is 37.3 Å². The van der Waals surface area contributed by atoms with E-state index in [1.54, 1.807) is 6.20 Å². The molecule has 0 aliphatic heterocycles. The van der Waals surface area contributed by atoms with Gasteiger partial charge in [-0.3, -0.25) is 0 Å². The highest BCUT2D eigenvalue weighted by Gasteiger charge is 2.13. The van der Waals surface area contributed by atoms with Gasteiger partial charge >= 0.3 is 0 Å². The van der Waals surface area contributed by atoms with Gasteiger partial charge in [0.15, 0.2) is 0 Å². The molecule has 1 aliphatic rings. The first-order valence-corrected chi connectivity index (χ1v) is 8.93. The first-order valence-electron chi connectivity index (χ1n) is 8.93. The van der Waals surface area contributed by atoms with Gasteiger partial charge in [-0.1, -0.05) is 37.8 Å². The molecule has 1 saturated carbocycles. The van der Waals surface area contributed by atoms with Crippen molar-refractivity contribution in [2.24, 2.45) is 0 Å². The molecule has 2 N–H and O–H groups in total. The molecule has 1 aromatic carbocycles. The Hall–Kier alpha value is -2.30. The van der Waals surface area contributed by atoms with Crippen molar-refractivity contribution in [2.45, 2.75) is 51.5 Å². The van der Waals surface area contributed by atoms with Gasteiger partial charge < -0.3 is 15.4 Å². The van der Waals surface area contributed by atoms with Gasteiger partial charge in [-0.05, 0) is 38.0 Å². The van der Waals surface area contributed by atoms with E-state index in [1.165, 1.54) is 38.5 Å². The third-order valence-electron chi connectivity index (χ3n) is 4.30. The van der Waals surface area contributed by atoms with Crippen molar-refractivity contribution in [3.8, 4) is 5.75 Å². The lowest BCUT2D eigenvalue weighted by molar-refractivity contribution is 0.342. The molecular weight excluding hydrogens is 300 g/mol. The van der Waals surface area contributed by atoms with Crippen molar-refractivity contribution in [3.63, 3.8) is 0 Å². The van der Waals surface area contributed by atoms with Crippen LogP contribution in [-0.2, 0) is 0 Å². The lowest BCUT2D eigenvalue weighted by Crippen LogP contribution is -2.19. The maximum Gasteiger partial charge on any atom is 0.229 e. The van der Waals surface area contributed by atoms with Gasteiger partial charge in [0, 0.05) is 12.2 Å². The Morgan fingerprint density at radius 1 is 1.08 bits per heavy atom. The summed E-state index contributed by atoms with van der Waals surface area (Å²) in [4.78, 5) is 8.93. The molecule has 128 valence electrons. The maximum absolute atomic E-state index is 5.64. The molecule has 5 nitrogen and oxygen atoms in total. The third kappa shape index (κ3) is 4.60. The van der Waals surface area contributed by atoms with Crippen molar-refractivity contribution in [1.29, 1.82) is 0 Å². The molecular formula is C19H26N4O. The molecule has 24 heavy (non-hydrogen) atoms. The molecule has 0 unspecified atom stereocenters. The summed E-state index contributed by atoms with van der Waals surface area (Å²) >= 11 is 0. The van der Waals surface area contributed by atoms with Crippen molar-refractivity contribution in [3.05, 3.63) is 36.5 Å². The predicted molar refractivity (Wildman–Crippen MR) is 98.0 cm³/mol. The summed E-state index contributed by atoms with van der Waals surface area (Å²) in [5.74, 6) is 2.28. The highest BCUT2D eigenvalue weighted by atomic mass is 16.5. The van der Waals surface area contributed by atoms with Gasteiger partial charge in [0.05, 0.1) is 12.3 Å². The minimum Gasteiger partial charge on any atom is -0.492 e. The zero-order valence-electron chi connectivity index (χ0n) is 14.3. The van der Waals surface area contributed by atoms with Gasteiger partial charge in [-0.15, -0.1) is 0 Å². The fourth-order valence-electron chi connectivity index (χ4n) is 3.10.